The molecule has 29 heavy (non-hydrogen) atoms. The number of carbonyl (C=O) groups excluding carboxylic acids is 1. The third-order valence-electron chi connectivity index (χ3n) is 4.15. The largest absolute Gasteiger partial charge is 0.450 e. The maximum Gasteiger partial charge on any atom is 0.417 e. The Morgan fingerprint density at radius 2 is 1.93 bits per heavy atom. The molecule has 3 heterocycles. The van der Waals surface area contributed by atoms with Crippen molar-refractivity contribution >= 4 is 27.3 Å². The monoisotopic (exact) mass is 413 g/mol. The van der Waals surface area contributed by atoms with Gasteiger partial charge in [0.15, 0.2) is 22.4 Å². The van der Waals surface area contributed by atoms with Crippen molar-refractivity contribution < 1.29 is 22.4 Å². The van der Waals surface area contributed by atoms with E-state index in [0.29, 0.717) is 17.0 Å². The maximum atomic E-state index is 12.7. The third kappa shape index (κ3) is 3.62. The van der Waals surface area contributed by atoms with Crippen molar-refractivity contribution in [2.45, 2.75) is 12.1 Å². The Labute approximate surface area is 166 Å². The number of aromatic nitrogens is 2. The fourth-order valence-electron chi connectivity index (χ4n) is 2.71. The van der Waals surface area contributed by atoms with Crippen LogP contribution < -0.4 is 0 Å². The number of hydrogen-bond acceptors (Lipinski definition) is 6. The van der Waals surface area contributed by atoms with Gasteiger partial charge in [-0.25, -0.2) is 4.98 Å². The second-order valence-corrected chi connectivity index (χ2v) is 7.08. The number of nitrogens with zero attached hydrogens (tertiary/aromatic N) is 3. The first-order valence-electron chi connectivity index (χ1n) is 8.29. The van der Waals surface area contributed by atoms with E-state index in [4.69, 9.17) is 4.42 Å². The van der Waals surface area contributed by atoms with E-state index in [9.17, 15) is 23.2 Å². The molecule has 5 nitrogen and oxygen atoms in total. The number of carbonyl (C=O) groups is 1. The summed E-state index contributed by atoms with van der Waals surface area (Å²) in [7, 11) is 0. The molecule has 0 N–H and O–H groups in total. The summed E-state index contributed by atoms with van der Waals surface area (Å²) < 4.78 is 44.6. The first-order chi connectivity index (χ1) is 13.9. The van der Waals surface area contributed by atoms with Crippen molar-refractivity contribution in [1.29, 1.82) is 5.26 Å². The average Bonchev–Trinajstić information content (AvgIpc) is 3.35. The fourth-order valence-corrected chi connectivity index (χ4v) is 3.64. The van der Waals surface area contributed by atoms with Crippen molar-refractivity contribution in [3.8, 4) is 16.8 Å². The third-order valence-corrected chi connectivity index (χ3v) is 5.21. The van der Waals surface area contributed by atoms with Gasteiger partial charge in [0.1, 0.15) is 0 Å². The van der Waals surface area contributed by atoms with Gasteiger partial charge in [-0.3, -0.25) is 9.78 Å². The molecule has 144 valence electrons. The van der Waals surface area contributed by atoms with Crippen LogP contribution in [0.15, 0.2) is 59.1 Å². The molecule has 0 bridgehead atoms. The van der Waals surface area contributed by atoms with Crippen LogP contribution in [0.1, 0.15) is 27.7 Å². The summed E-state index contributed by atoms with van der Waals surface area (Å²) in [6, 6.07) is 14.1. The van der Waals surface area contributed by atoms with E-state index in [1.54, 1.807) is 12.1 Å². The highest BCUT2D eigenvalue weighted by molar-refractivity contribution is 7.21. The highest BCUT2D eigenvalue weighted by Crippen LogP contribution is 2.33. The molecule has 1 atom stereocenters. The Bertz CT molecular complexity index is 1200. The van der Waals surface area contributed by atoms with Gasteiger partial charge in [0.05, 0.1) is 27.5 Å². The Balaban J connectivity index is 1.61. The lowest BCUT2D eigenvalue weighted by molar-refractivity contribution is -0.137. The molecule has 0 saturated heterocycles. The van der Waals surface area contributed by atoms with E-state index in [1.807, 2.05) is 24.3 Å². The Kier molecular flexibility index (Phi) is 4.64. The Morgan fingerprint density at radius 3 is 2.59 bits per heavy atom. The number of alkyl halides is 3. The van der Waals surface area contributed by atoms with E-state index in [2.05, 4.69) is 9.97 Å². The normalized spacial score (nSPS) is 12.6. The molecule has 9 heteroatoms. The maximum absolute atomic E-state index is 12.7. The fraction of sp³-hybridized carbons (Fsp3) is 0.100. The molecule has 4 aromatic rings. The van der Waals surface area contributed by atoms with Crippen molar-refractivity contribution in [1.82, 2.24) is 9.97 Å². The minimum atomic E-state index is -4.55. The molecule has 4 rings (SSSR count). The average molecular weight is 413 g/mol. The second-order valence-electron chi connectivity index (χ2n) is 6.05. The summed E-state index contributed by atoms with van der Waals surface area (Å²) >= 11 is 1.39. The zero-order valence-corrected chi connectivity index (χ0v) is 15.3. The summed E-state index contributed by atoms with van der Waals surface area (Å²) in [6.07, 6.45) is -3.95. The molecular formula is C20H10F3N3O2S. The molecule has 0 radical (unpaired) electrons. The van der Waals surface area contributed by atoms with Crippen LogP contribution in [-0.4, -0.2) is 15.8 Å². The zero-order valence-electron chi connectivity index (χ0n) is 14.5. The predicted molar refractivity (Wildman–Crippen MR) is 99.2 cm³/mol. The van der Waals surface area contributed by atoms with Gasteiger partial charge in [-0.15, -0.1) is 11.3 Å². The second kappa shape index (κ2) is 7.14. The number of hydrogen-bond donors (Lipinski definition) is 0. The minimum absolute atomic E-state index is 0.0802. The Morgan fingerprint density at radius 1 is 1.14 bits per heavy atom. The Hall–Kier alpha value is -3.51. The summed E-state index contributed by atoms with van der Waals surface area (Å²) in [5, 5.41) is 9.95. The van der Waals surface area contributed by atoms with Crippen molar-refractivity contribution in [2.75, 3.05) is 0 Å². The number of furan rings is 1. The number of pyridine rings is 1. The summed E-state index contributed by atoms with van der Waals surface area (Å²) in [6.45, 7) is 0. The number of ketones is 1. The molecule has 0 aliphatic heterocycles. The van der Waals surface area contributed by atoms with Crippen molar-refractivity contribution in [3.05, 3.63) is 71.7 Å². The zero-order chi connectivity index (χ0) is 20.6. The van der Waals surface area contributed by atoms with Gasteiger partial charge in [-0.05, 0) is 36.4 Å². The molecule has 0 amide bonds. The van der Waals surface area contributed by atoms with Gasteiger partial charge < -0.3 is 4.42 Å². The lowest BCUT2D eigenvalue weighted by Gasteiger charge is -2.09. The number of thiazole rings is 1. The molecule has 3 aromatic heterocycles. The number of benzene rings is 1. The van der Waals surface area contributed by atoms with Crippen molar-refractivity contribution in [2.24, 2.45) is 0 Å². The summed E-state index contributed by atoms with van der Waals surface area (Å²) in [4.78, 5) is 20.8. The lowest BCUT2D eigenvalue weighted by atomic mass is 9.99. The van der Waals surface area contributed by atoms with Crippen LogP contribution in [0.3, 0.4) is 0 Å². The van der Waals surface area contributed by atoms with Crippen molar-refractivity contribution in [3.63, 3.8) is 0 Å². The highest BCUT2D eigenvalue weighted by Gasteiger charge is 2.32. The quantitative estimate of drug-likeness (QED) is 0.415. The molecule has 0 aliphatic carbocycles. The van der Waals surface area contributed by atoms with E-state index in [-0.39, 0.29) is 11.5 Å². The molecule has 1 unspecified atom stereocenters. The predicted octanol–water partition coefficient (Wildman–Crippen LogP) is 5.46. The van der Waals surface area contributed by atoms with Gasteiger partial charge in [0, 0.05) is 6.20 Å². The number of Topliss-reactive ketones (excluding diaryl/α,β-unsaturated/α-hetero) is 1. The van der Waals surface area contributed by atoms with Crippen LogP contribution in [0.5, 0.6) is 0 Å². The smallest absolute Gasteiger partial charge is 0.417 e. The van der Waals surface area contributed by atoms with E-state index in [1.165, 1.54) is 17.4 Å². The lowest BCUT2D eigenvalue weighted by Crippen LogP contribution is -2.13. The molecule has 1 aromatic carbocycles. The van der Waals surface area contributed by atoms with Crippen LogP contribution in [0.4, 0.5) is 13.2 Å². The van der Waals surface area contributed by atoms with E-state index in [0.717, 1.165) is 22.3 Å². The first-order valence-corrected chi connectivity index (χ1v) is 9.11. The van der Waals surface area contributed by atoms with Crippen LogP contribution in [0.2, 0.25) is 0 Å². The van der Waals surface area contributed by atoms with E-state index < -0.39 is 23.4 Å². The number of rotatable bonds is 4. The topological polar surface area (TPSA) is 79.8 Å². The van der Waals surface area contributed by atoms with Gasteiger partial charge in [0.25, 0.3) is 0 Å². The summed E-state index contributed by atoms with van der Waals surface area (Å²) in [5.74, 6) is -1.79. The minimum Gasteiger partial charge on any atom is -0.450 e. The van der Waals surface area contributed by atoms with Gasteiger partial charge in [-0.2, -0.15) is 18.4 Å². The van der Waals surface area contributed by atoms with Gasteiger partial charge in [-0.1, -0.05) is 12.1 Å². The number of fused-ring (bicyclic) bond motifs is 1. The number of halogens is 3. The molecule has 0 saturated carbocycles. The number of para-hydroxylation sites is 1. The van der Waals surface area contributed by atoms with Gasteiger partial charge >= 0.3 is 6.18 Å². The van der Waals surface area contributed by atoms with Crippen LogP contribution in [0, 0.1) is 11.3 Å². The first kappa shape index (κ1) is 18.8. The number of nitriles is 1. The molecule has 0 aliphatic rings. The summed E-state index contributed by atoms with van der Waals surface area (Å²) in [5.41, 5.74) is -0.245. The molecule has 0 spiro atoms. The molecule has 0 fully saturated rings. The van der Waals surface area contributed by atoms with Crippen LogP contribution in [0.25, 0.3) is 21.0 Å². The van der Waals surface area contributed by atoms with Crippen LogP contribution in [-0.2, 0) is 6.18 Å². The molecular weight excluding hydrogens is 403 g/mol. The van der Waals surface area contributed by atoms with Gasteiger partial charge in [0.2, 0.25) is 5.78 Å². The highest BCUT2D eigenvalue weighted by atomic mass is 32.1. The SMILES string of the molecule is N#CC(C(=O)c1ccc(-c2nc3ccccc3s2)o1)c1ccc(C(F)(F)F)cn1. The van der Waals surface area contributed by atoms with E-state index >= 15 is 0 Å². The van der Waals surface area contributed by atoms with Crippen LogP contribution >= 0.6 is 11.3 Å². The standard InChI is InChI=1S/C20H10F3N3O2S/c21-20(22,23)11-5-6-13(25-10-11)12(9-24)18(27)15-7-8-16(28-15)19-26-14-3-1-2-4-17(14)29-19/h1-8,10,12H.